The first-order valence-electron chi connectivity index (χ1n) is 11.3. The molecular formula is C25H27ClN4O2S. The quantitative estimate of drug-likeness (QED) is 0.490. The summed E-state index contributed by atoms with van der Waals surface area (Å²) in [4.78, 5) is 9.31. The third kappa shape index (κ3) is 5.06. The molecular weight excluding hydrogens is 456 g/mol. The first-order valence-corrected chi connectivity index (χ1v) is 12.1. The van der Waals surface area contributed by atoms with E-state index in [4.69, 9.17) is 33.0 Å². The molecule has 0 saturated carbocycles. The summed E-state index contributed by atoms with van der Waals surface area (Å²) in [6.07, 6.45) is 2.83. The Morgan fingerprint density at radius 1 is 1.03 bits per heavy atom. The van der Waals surface area contributed by atoms with Gasteiger partial charge in [0.05, 0.1) is 24.9 Å². The minimum atomic E-state index is -0.0775. The molecule has 2 fully saturated rings. The van der Waals surface area contributed by atoms with E-state index >= 15 is 0 Å². The molecule has 0 unspecified atom stereocenters. The maximum atomic E-state index is 6.38. The number of hydrogen-bond acceptors (Lipinski definition) is 5. The number of thiocarbonyl (C=S) groups is 1. The van der Waals surface area contributed by atoms with E-state index in [0.29, 0.717) is 5.02 Å². The summed E-state index contributed by atoms with van der Waals surface area (Å²) in [6, 6.07) is 17.6. The van der Waals surface area contributed by atoms with Gasteiger partial charge in [-0.2, -0.15) is 0 Å². The molecule has 1 N–H and O–H groups in total. The smallest absolute Gasteiger partial charge is 0.170 e. The standard InChI is InChI=1S/C25H27ClN4O2S/c26-19-7-5-18(6-8-19)21-9-10-22(32-21)24-23(20-4-1-2-11-27-20)28-25(33)30(24)13-3-12-29-14-16-31-17-15-29/h1-2,4-11,23-24H,3,12-17H2,(H,28,33)/t23-,24+/m1/s1. The molecule has 5 rings (SSSR count). The molecule has 3 aromatic rings. The van der Waals surface area contributed by atoms with Gasteiger partial charge in [-0.3, -0.25) is 9.88 Å². The summed E-state index contributed by atoms with van der Waals surface area (Å²) >= 11 is 11.8. The van der Waals surface area contributed by atoms with Gasteiger partial charge in [0.25, 0.3) is 0 Å². The van der Waals surface area contributed by atoms with Gasteiger partial charge in [-0.05, 0) is 67.2 Å². The summed E-state index contributed by atoms with van der Waals surface area (Å²) < 4.78 is 11.9. The molecule has 2 atom stereocenters. The Labute approximate surface area is 204 Å². The van der Waals surface area contributed by atoms with E-state index in [9.17, 15) is 0 Å². The number of aromatic nitrogens is 1. The van der Waals surface area contributed by atoms with Gasteiger partial charge in [0.1, 0.15) is 17.6 Å². The minimum Gasteiger partial charge on any atom is -0.459 e. The molecule has 2 aliphatic rings. The van der Waals surface area contributed by atoms with Crippen LogP contribution in [-0.2, 0) is 4.74 Å². The highest BCUT2D eigenvalue weighted by atomic mass is 35.5. The van der Waals surface area contributed by atoms with Crippen LogP contribution in [0.4, 0.5) is 0 Å². The van der Waals surface area contributed by atoms with E-state index < -0.39 is 0 Å². The summed E-state index contributed by atoms with van der Waals surface area (Å²) in [5.41, 5.74) is 1.94. The van der Waals surface area contributed by atoms with Gasteiger partial charge in [-0.25, -0.2) is 0 Å². The fourth-order valence-electron chi connectivity index (χ4n) is 4.53. The highest BCUT2D eigenvalue weighted by molar-refractivity contribution is 7.80. The molecule has 0 bridgehead atoms. The van der Waals surface area contributed by atoms with Gasteiger partial charge in [0, 0.05) is 43.0 Å². The van der Waals surface area contributed by atoms with Crippen molar-refractivity contribution in [1.29, 1.82) is 0 Å². The van der Waals surface area contributed by atoms with Crippen molar-refractivity contribution in [2.45, 2.75) is 18.5 Å². The van der Waals surface area contributed by atoms with Crippen LogP contribution in [0.1, 0.15) is 30.0 Å². The molecule has 0 aliphatic carbocycles. The van der Waals surface area contributed by atoms with Crippen molar-refractivity contribution in [3.8, 4) is 11.3 Å². The fourth-order valence-corrected chi connectivity index (χ4v) is 4.98. The average molecular weight is 483 g/mol. The van der Waals surface area contributed by atoms with E-state index in [1.54, 1.807) is 0 Å². The summed E-state index contributed by atoms with van der Waals surface area (Å²) in [5.74, 6) is 1.68. The first-order chi connectivity index (χ1) is 16.2. The molecule has 172 valence electrons. The molecule has 0 spiro atoms. The average Bonchev–Trinajstić information content (AvgIpc) is 3.46. The number of nitrogens with zero attached hydrogens (tertiary/aromatic N) is 3. The van der Waals surface area contributed by atoms with Crippen LogP contribution >= 0.6 is 23.8 Å². The zero-order valence-corrected chi connectivity index (χ0v) is 19.9. The molecule has 0 radical (unpaired) electrons. The third-order valence-corrected chi connectivity index (χ3v) is 6.83. The Bertz CT molecular complexity index is 1070. The molecule has 1 aromatic carbocycles. The largest absolute Gasteiger partial charge is 0.459 e. The van der Waals surface area contributed by atoms with Crippen LogP contribution in [0.15, 0.2) is 65.2 Å². The van der Waals surface area contributed by atoms with Gasteiger partial charge >= 0.3 is 0 Å². The zero-order valence-electron chi connectivity index (χ0n) is 18.3. The topological polar surface area (TPSA) is 53.8 Å². The van der Waals surface area contributed by atoms with E-state index in [1.165, 1.54) is 0 Å². The first kappa shape index (κ1) is 22.3. The number of furan rings is 1. The Hall–Kier alpha value is -2.45. The van der Waals surface area contributed by atoms with Crippen molar-refractivity contribution < 1.29 is 9.15 Å². The Morgan fingerprint density at radius 3 is 2.61 bits per heavy atom. The molecule has 4 heterocycles. The molecule has 6 nitrogen and oxygen atoms in total. The predicted octanol–water partition coefficient (Wildman–Crippen LogP) is 4.69. The van der Waals surface area contributed by atoms with Crippen molar-refractivity contribution in [3.05, 3.63) is 77.3 Å². The lowest BCUT2D eigenvalue weighted by atomic mass is 10.0. The number of nitrogens with one attached hydrogen (secondary N) is 1. The van der Waals surface area contributed by atoms with Crippen LogP contribution in [0.25, 0.3) is 11.3 Å². The van der Waals surface area contributed by atoms with Crippen molar-refractivity contribution in [2.24, 2.45) is 0 Å². The minimum absolute atomic E-state index is 0.0712. The van der Waals surface area contributed by atoms with Crippen LogP contribution in [-0.4, -0.2) is 59.3 Å². The molecule has 2 aromatic heterocycles. The van der Waals surface area contributed by atoms with Gasteiger partial charge in [0.15, 0.2) is 5.11 Å². The second-order valence-corrected chi connectivity index (χ2v) is 9.16. The number of halogens is 1. The highest BCUT2D eigenvalue weighted by Crippen LogP contribution is 2.40. The van der Waals surface area contributed by atoms with Crippen LogP contribution < -0.4 is 5.32 Å². The fraction of sp³-hybridized carbons (Fsp3) is 0.360. The van der Waals surface area contributed by atoms with E-state index in [2.05, 4.69) is 26.2 Å². The monoisotopic (exact) mass is 482 g/mol. The number of ether oxygens (including phenoxy) is 1. The number of pyridine rings is 1. The molecule has 0 amide bonds. The van der Waals surface area contributed by atoms with E-state index in [-0.39, 0.29) is 12.1 Å². The normalized spacial score (nSPS) is 21.4. The SMILES string of the molecule is S=C1N[C@H](c2ccccn2)[C@H](c2ccc(-c3ccc(Cl)cc3)o2)N1CCCN1CCOCC1. The van der Waals surface area contributed by atoms with Crippen LogP contribution in [0.2, 0.25) is 5.02 Å². The van der Waals surface area contributed by atoms with Crippen LogP contribution in [0, 0.1) is 0 Å². The van der Waals surface area contributed by atoms with E-state index in [0.717, 1.165) is 73.7 Å². The summed E-state index contributed by atoms with van der Waals surface area (Å²) in [5, 5.41) is 4.94. The zero-order chi connectivity index (χ0) is 22.6. The number of rotatable bonds is 7. The van der Waals surface area contributed by atoms with E-state index in [1.807, 2.05) is 54.7 Å². The lowest BCUT2D eigenvalue weighted by Gasteiger charge is -2.29. The van der Waals surface area contributed by atoms with Gasteiger partial charge in [-0.15, -0.1) is 0 Å². The summed E-state index contributed by atoms with van der Waals surface area (Å²) in [7, 11) is 0. The number of benzene rings is 1. The second-order valence-electron chi connectivity index (χ2n) is 8.34. The van der Waals surface area contributed by atoms with Crippen molar-refractivity contribution in [3.63, 3.8) is 0 Å². The predicted molar refractivity (Wildman–Crippen MR) is 133 cm³/mol. The summed E-state index contributed by atoms with van der Waals surface area (Å²) in [6.45, 7) is 5.48. The maximum absolute atomic E-state index is 6.38. The van der Waals surface area contributed by atoms with Crippen molar-refractivity contribution >= 4 is 28.9 Å². The number of hydrogen-bond donors (Lipinski definition) is 1. The second kappa shape index (κ2) is 10.2. The van der Waals surface area contributed by atoms with Crippen molar-refractivity contribution in [1.82, 2.24) is 20.1 Å². The molecule has 8 heteroatoms. The lowest BCUT2D eigenvalue weighted by Crippen LogP contribution is -2.38. The van der Waals surface area contributed by atoms with Crippen LogP contribution in [0.3, 0.4) is 0 Å². The maximum Gasteiger partial charge on any atom is 0.170 e. The van der Waals surface area contributed by atoms with Gasteiger partial charge in [0.2, 0.25) is 0 Å². The molecule has 2 aliphatic heterocycles. The van der Waals surface area contributed by atoms with Crippen molar-refractivity contribution in [2.75, 3.05) is 39.4 Å². The third-order valence-electron chi connectivity index (χ3n) is 6.22. The Kier molecular flexibility index (Phi) is 6.92. The van der Waals surface area contributed by atoms with Gasteiger partial charge < -0.3 is 19.4 Å². The number of morpholine rings is 1. The highest BCUT2D eigenvalue weighted by Gasteiger charge is 2.41. The van der Waals surface area contributed by atoms with Crippen LogP contribution in [0.5, 0.6) is 0 Å². The Morgan fingerprint density at radius 2 is 1.85 bits per heavy atom. The molecule has 33 heavy (non-hydrogen) atoms. The van der Waals surface area contributed by atoms with Gasteiger partial charge in [-0.1, -0.05) is 17.7 Å². The lowest BCUT2D eigenvalue weighted by molar-refractivity contribution is 0.0365. The Balaban J connectivity index is 1.39. The molecule has 2 saturated heterocycles.